The summed E-state index contributed by atoms with van der Waals surface area (Å²) in [5.74, 6) is -1.27. The van der Waals surface area contributed by atoms with Crippen molar-refractivity contribution in [2.45, 2.75) is 6.92 Å². The van der Waals surface area contributed by atoms with Gasteiger partial charge in [0.15, 0.2) is 0 Å². The van der Waals surface area contributed by atoms with Crippen LogP contribution in [0, 0.1) is 5.82 Å². The maximum Gasteiger partial charge on any atom is 0.331 e. The van der Waals surface area contributed by atoms with Crippen molar-refractivity contribution in [3.8, 4) is 11.3 Å². The number of carbonyl (C=O) groups is 1. The summed E-state index contributed by atoms with van der Waals surface area (Å²) >= 11 is 0. The number of aliphatic carboxylic acids is 1. The van der Waals surface area contributed by atoms with Crippen molar-refractivity contribution in [1.29, 1.82) is 0 Å². The van der Waals surface area contributed by atoms with Crippen molar-refractivity contribution in [3.05, 3.63) is 65.5 Å². The minimum Gasteiger partial charge on any atom is -0.478 e. The second kappa shape index (κ2) is 5.48. The summed E-state index contributed by atoms with van der Waals surface area (Å²) in [6, 6.07) is 13.8. The largest absolute Gasteiger partial charge is 0.478 e. The van der Waals surface area contributed by atoms with Crippen molar-refractivity contribution in [2.75, 3.05) is 0 Å². The second-order valence-corrected chi connectivity index (χ2v) is 5.10. The predicted molar refractivity (Wildman–Crippen MR) is 85.0 cm³/mol. The fourth-order valence-electron chi connectivity index (χ4n) is 2.44. The summed E-state index contributed by atoms with van der Waals surface area (Å²) in [7, 11) is 0. The normalized spacial score (nSPS) is 11.8. The molecule has 22 heavy (non-hydrogen) atoms. The molecule has 1 aromatic heterocycles. The monoisotopic (exact) mass is 295 g/mol. The first-order chi connectivity index (χ1) is 10.6. The number of aromatic nitrogens is 1. The summed E-state index contributed by atoms with van der Waals surface area (Å²) in [6.07, 6.45) is 1.64. The van der Waals surface area contributed by atoms with Crippen LogP contribution in [0.3, 0.4) is 0 Å². The van der Waals surface area contributed by atoms with Gasteiger partial charge < -0.3 is 10.1 Å². The van der Waals surface area contributed by atoms with Crippen LogP contribution in [0.5, 0.6) is 0 Å². The number of rotatable bonds is 3. The van der Waals surface area contributed by atoms with E-state index < -0.39 is 5.97 Å². The van der Waals surface area contributed by atoms with Crippen molar-refractivity contribution >= 4 is 22.9 Å². The third kappa shape index (κ3) is 2.51. The van der Waals surface area contributed by atoms with Gasteiger partial charge in [-0.05, 0) is 48.9 Å². The molecule has 0 saturated heterocycles. The first-order valence-corrected chi connectivity index (χ1v) is 6.84. The van der Waals surface area contributed by atoms with E-state index in [0.29, 0.717) is 0 Å². The zero-order chi connectivity index (χ0) is 15.7. The molecule has 0 fully saturated rings. The first-order valence-electron chi connectivity index (χ1n) is 6.84. The quantitative estimate of drug-likeness (QED) is 0.701. The Balaban J connectivity index is 2.27. The molecule has 0 bridgehead atoms. The van der Waals surface area contributed by atoms with Crippen LogP contribution in [0.1, 0.15) is 12.5 Å². The number of fused-ring (bicyclic) bond motifs is 1. The highest BCUT2D eigenvalue weighted by atomic mass is 19.1. The molecule has 1 heterocycles. The Labute approximate surface area is 126 Å². The number of hydrogen-bond donors (Lipinski definition) is 2. The molecular weight excluding hydrogens is 281 g/mol. The molecular formula is C18H14FNO2. The van der Waals surface area contributed by atoms with E-state index in [-0.39, 0.29) is 11.4 Å². The van der Waals surface area contributed by atoms with Crippen LogP contribution in [-0.4, -0.2) is 16.1 Å². The van der Waals surface area contributed by atoms with Gasteiger partial charge >= 0.3 is 5.97 Å². The lowest BCUT2D eigenvalue weighted by molar-refractivity contribution is -0.132. The van der Waals surface area contributed by atoms with E-state index >= 15 is 0 Å². The van der Waals surface area contributed by atoms with E-state index in [0.717, 1.165) is 27.7 Å². The van der Waals surface area contributed by atoms with Crippen molar-refractivity contribution < 1.29 is 14.3 Å². The van der Waals surface area contributed by atoms with Crippen LogP contribution >= 0.6 is 0 Å². The third-order valence-corrected chi connectivity index (χ3v) is 3.58. The topological polar surface area (TPSA) is 53.1 Å². The molecule has 2 N–H and O–H groups in total. The number of H-pyrrole nitrogens is 1. The highest BCUT2D eigenvalue weighted by Crippen LogP contribution is 2.32. The minimum atomic E-state index is -0.963. The summed E-state index contributed by atoms with van der Waals surface area (Å²) < 4.78 is 13.1. The molecule has 3 aromatic rings. The molecule has 2 aromatic carbocycles. The van der Waals surface area contributed by atoms with Crippen molar-refractivity contribution in [3.63, 3.8) is 0 Å². The van der Waals surface area contributed by atoms with Crippen LogP contribution < -0.4 is 0 Å². The number of carboxylic acids is 1. The van der Waals surface area contributed by atoms with Crippen LogP contribution in [0.2, 0.25) is 0 Å². The number of para-hydroxylation sites is 1. The Morgan fingerprint density at radius 1 is 1.14 bits per heavy atom. The zero-order valence-corrected chi connectivity index (χ0v) is 11.9. The van der Waals surface area contributed by atoms with Crippen LogP contribution in [-0.2, 0) is 4.79 Å². The van der Waals surface area contributed by atoms with E-state index in [1.807, 2.05) is 24.3 Å². The van der Waals surface area contributed by atoms with E-state index in [1.165, 1.54) is 12.1 Å². The molecule has 0 aliphatic rings. The summed E-state index contributed by atoms with van der Waals surface area (Å²) in [5, 5.41) is 10.1. The Bertz CT molecular complexity index is 876. The van der Waals surface area contributed by atoms with Crippen LogP contribution in [0.25, 0.3) is 28.2 Å². The molecule has 3 rings (SSSR count). The summed E-state index contributed by atoms with van der Waals surface area (Å²) in [5.41, 5.74) is 3.53. The molecule has 3 nitrogen and oxygen atoms in total. The fourth-order valence-corrected chi connectivity index (χ4v) is 2.44. The molecule has 0 radical (unpaired) electrons. The van der Waals surface area contributed by atoms with Gasteiger partial charge in [-0.2, -0.15) is 0 Å². The van der Waals surface area contributed by atoms with E-state index in [4.69, 9.17) is 5.11 Å². The highest BCUT2D eigenvalue weighted by molar-refractivity contribution is 6.01. The van der Waals surface area contributed by atoms with E-state index in [2.05, 4.69) is 4.98 Å². The Morgan fingerprint density at radius 2 is 1.82 bits per heavy atom. The van der Waals surface area contributed by atoms with Gasteiger partial charge in [0.2, 0.25) is 0 Å². The number of benzene rings is 2. The number of nitrogens with one attached hydrogen (secondary N) is 1. The smallest absolute Gasteiger partial charge is 0.331 e. The van der Waals surface area contributed by atoms with Gasteiger partial charge in [0.05, 0.1) is 5.69 Å². The average molecular weight is 295 g/mol. The lowest BCUT2D eigenvalue weighted by atomic mass is 10.0. The maximum absolute atomic E-state index is 13.1. The first kappa shape index (κ1) is 14.1. The lowest BCUT2D eigenvalue weighted by Crippen LogP contribution is -1.95. The van der Waals surface area contributed by atoms with Gasteiger partial charge in [0, 0.05) is 22.0 Å². The number of carboxylic acid groups (broad SMARTS) is 1. The Morgan fingerprint density at radius 3 is 2.50 bits per heavy atom. The molecule has 4 heteroatoms. The zero-order valence-electron chi connectivity index (χ0n) is 11.9. The molecule has 0 aliphatic carbocycles. The number of halogens is 1. The van der Waals surface area contributed by atoms with Crippen molar-refractivity contribution in [1.82, 2.24) is 4.98 Å². The summed E-state index contributed by atoms with van der Waals surface area (Å²) in [6.45, 7) is 1.55. The standard InChI is InChI=1S/C18H14FNO2/c1-11(18(21)22)10-15-14-4-2-3-5-16(14)20-17(15)12-6-8-13(19)9-7-12/h2-10,20H,1H3,(H,21,22)/b11-10+. The van der Waals surface area contributed by atoms with Gasteiger partial charge in [-0.25, -0.2) is 9.18 Å². The molecule has 110 valence electrons. The number of hydrogen-bond acceptors (Lipinski definition) is 1. The van der Waals surface area contributed by atoms with Gasteiger partial charge in [-0.1, -0.05) is 18.2 Å². The Hall–Kier alpha value is -2.88. The summed E-state index contributed by atoms with van der Waals surface area (Å²) in [4.78, 5) is 14.4. The van der Waals surface area contributed by atoms with E-state index in [9.17, 15) is 9.18 Å². The molecule has 0 amide bonds. The van der Waals surface area contributed by atoms with E-state index in [1.54, 1.807) is 25.1 Å². The maximum atomic E-state index is 13.1. The van der Waals surface area contributed by atoms with Gasteiger partial charge in [0.25, 0.3) is 0 Å². The van der Waals surface area contributed by atoms with Gasteiger partial charge in [-0.15, -0.1) is 0 Å². The molecule has 0 unspecified atom stereocenters. The molecule has 0 spiro atoms. The van der Waals surface area contributed by atoms with Gasteiger partial charge in [0.1, 0.15) is 5.82 Å². The van der Waals surface area contributed by atoms with Crippen LogP contribution in [0.4, 0.5) is 4.39 Å². The average Bonchev–Trinajstić information content (AvgIpc) is 2.87. The van der Waals surface area contributed by atoms with Crippen LogP contribution in [0.15, 0.2) is 54.1 Å². The minimum absolute atomic E-state index is 0.244. The predicted octanol–water partition coefficient (Wildman–Crippen LogP) is 4.46. The second-order valence-electron chi connectivity index (χ2n) is 5.10. The fraction of sp³-hybridized carbons (Fsp3) is 0.0556. The van der Waals surface area contributed by atoms with Gasteiger partial charge in [-0.3, -0.25) is 0 Å². The Kier molecular flexibility index (Phi) is 3.51. The molecule has 0 saturated carbocycles. The third-order valence-electron chi connectivity index (χ3n) is 3.58. The molecule has 0 aliphatic heterocycles. The molecule has 0 atom stereocenters. The van der Waals surface area contributed by atoms with Crippen molar-refractivity contribution in [2.24, 2.45) is 0 Å². The SMILES string of the molecule is C/C(=C\c1c(-c2ccc(F)cc2)[nH]c2ccccc12)C(=O)O. The highest BCUT2D eigenvalue weighted by Gasteiger charge is 2.13. The lowest BCUT2D eigenvalue weighted by Gasteiger charge is -2.02. The number of aromatic amines is 1.